The van der Waals surface area contributed by atoms with Crippen molar-refractivity contribution in [3.05, 3.63) is 46.3 Å². The molecule has 158 valence electrons. The zero-order chi connectivity index (χ0) is 20.8. The molecule has 0 amide bonds. The van der Waals surface area contributed by atoms with Crippen molar-refractivity contribution in [3.8, 4) is 5.75 Å². The lowest BCUT2D eigenvalue weighted by molar-refractivity contribution is 0.296. The van der Waals surface area contributed by atoms with Gasteiger partial charge in [0.15, 0.2) is 5.96 Å². The predicted octanol–water partition coefficient (Wildman–Crippen LogP) is 4.25. The molecular formula is C23H34N4O2. The smallest absolute Gasteiger partial charge is 0.191 e. The minimum atomic E-state index is 0.280. The van der Waals surface area contributed by atoms with Crippen molar-refractivity contribution in [2.45, 2.75) is 59.9 Å². The van der Waals surface area contributed by atoms with Crippen LogP contribution in [0.3, 0.4) is 0 Å². The van der Waals surface area contributed by atoms with E-state index in [4.69, 9.17) is 14.3 Å². The largest absolute Gasteiger partial charge is 0.493 e. The van der Waals surface area contributed by atoms with Crippen LogP contribution < -0.4 is 15.4 Å². The van der Waals surface area contributed by atoms with Crippen LogP contribution in [0.2, 0.25) is 0 Å². The van der Waals surface area contributed by atoms with E-state index in [9.17, 15) is 0 Å². The molecule has 2 N–H and O–H groups in total. The highest BCUT2D eigenvalue weighted by atomic mass is 16.5. The van der Waals surface area contributed by atoms with Gasteiger partial charge < -0.3 is 19.9 Å². The molecule has 0 saturated heterocycles. The van der Waals surface area contributed by atoms with Crippen molar-refractivity contribution in [2.24, 2.45) is 10.9 Å². The fourth-order valence-corrected chi connectivity index (χ4v) is 3.47. The second kappa shape index (κ2) is 9.81. The summed E-state index contributed by atoms with van der Waals surface area (Å²) in [5.74, 6) is 3.66. The van der Waals surface area contributed by atoms with Gasteiger partial charge in [0.2, 0.25) is 0 Å². The third kappa shape index (κ3) is 5.99. The number of guanidine groups is 1. The maximum absolute atomic E-state index is 6.08. The van der Waals surface area contributed by atoms with Gasteiger partial charge >= 0.3 is 0 Å². The van der Waals surface area contributed by atoms with E-state index in [0.717, 1.165) is 54.3 Å². The number of rotatable bonds is 9. The number of nitrogens with one attached hydrogen (secondary N) is 2. The Morgan fingerprint density at radius 3 is 2.72 bits per heavy atom. The maximum atomic E-state index is 6.08. The molecule has 1 aromatic carbocycles. The van der Waals surface area contributed by atoms with E-state index < -0.39 is 0 Å². The summed E-state index contributed by atoms with van der Waals surface area (Å²) in [5, 5.41) is 10.9. The molecule has 0 radical (unpaired) electrons. The van der Waals surface area contributed by atoms with Crippen LogP contribution in [0.4, 0.5) is 0 Å². The van der Waals surface area contributed by atoms with Gasteiger partial charge in [0, 0.05) is 30.1 Å². The summed E-state index contributed by atoms with van der Waals surface area (Å²) < 4.78 is 11.4. The minimum Gasteiger partial charge on any atom is -0.493 e. The molecule has 0 bridgehead atoms. The van der Waals surface area contributed by atoms with Crippen LogP contribution in [0.1, 0.15) is 60.8 Å². The third-order valence-corrected chi connectivity index (χ3v) is 5.30. The van der Waals surface area contributed by atoms with Gasteiger partial charge in [0.1, 0.15) is 11.5 Å². The number of aliphatic imine (C=N–C) groups is 1. The summed E-state index contributed by atoms with van der Waals surface area (Å²) in [6.45, 7) is 13.3. The summed E-state index contributed by atoms with van der Waals surface area (Å²) >= 11 is 0. The van der Waals surface area contributed by atoms with Crippen LogP contribution in [0, 0.1) is 26.7 Å². The van der Waals surface area contributed by atoms with Crippen LogP contribution in [0.15, 0.2) is 27.7 Å². The van der Waals surface area contributed by atoms with E-state index in [2.05, 4.69) is 54.8 Å². The molecule has 2 aromatic rings. The van der Waals surface area contributed by atoms with Crippen molar-refractivity contribution in [2.75, 3.05) is 19.7 Å². The van der Waals surface area contributed by atoms with Crippen molar-refractivity contribution in [3.63, 3.8) is 0 Å². The molecular weight excluding hydrogens is 364 g/mol. The zero-order valence-electron chi connectivity index (χ0n) is 18.3. The average molecular weight is 399 g/mol. The molecule has 0 aliphatic heterocycles. The molecule has 29 heavy (non-hydrogen) atoms. The van der Waals surface area contributed by atoms with Crippen molar-refractivity contribution >= 4 is 5.96 Å². The minimum absolute atomic E-state index is 0.280. The Bertz CT molecular complexity index is 820. The first-order chi connectivity index (χ1) is 14.0. The molecule has 3 rings (SSSR count). The van der Waals surface area contributed by atoms with Gasteiger partial charge in [-0.25, -0.2) is 4.99 Å². The Morgan fingerprint density at radius 2 is 2.07 bits per heavy atom. The lowest BCUT2D eigenvalue weighted by Gasteiger charge is -2.16. The van der Waals surface area contributed by atoms with Gasteiger partial charge in [-0.2, -0.15) is 0 Å². The SMILES string of the molecule is CCNC(=NCc1ccc(C)cc1OCC1CC1)NCC(C)c1c(C)noc1C. The highest BCUT2D eigenvalue weighted by molar-refractivity contribution is 5.79. The molecule has 6 nitrogen and oxygen atoms in total. The molecule has 1 heterocycles. The number of aromatic nitrogens is 1. The first-order valence-electron chi connectivity index (χ1n) is 10.6. The Morgan fingerprint density at radius 1 is 1.28 bits per heavy atom. The molecule has 0 spiro atoms. The van der Waals surface area contributed by atoms with Crippen LogP contribution in [0.25, 0.3) is 0 Å². The lowest BCUT2D eigenvalue weighted by Crippen LogP contribution is -2.39. The van der Waals surface area contributed by atoms with Crippen LogP contribution in [-0.2, 0) is 6.54 Å². The highest BCUT2D eigenvalue weighted by Gasteiger charge is 2.22. The molecule has 1 atom stereocenters. The van der Waals surface area contributed by atoms with E-state index in [1.54, 1.807) is 0 Å². The standard InChI is InChI=1S/C23H34N4O2/c1-6-24-23(25-12-16(3)22-17(4)27-29-18(22)5)26-13-20-10-7-15(2)11-21(20)28-14-19-8-9-19/h7,10-11,16,19H,6,8-9,12-14H2,1-5H3,(H2,24,25,26). The van der Waals surface area contributed by atoms with E-state index in [1.807, 2.05) is 13.8 Å². The van der Waals surface area contributed by atoms with E-state index >= 15 is 0 Å². The summed E-state index contributed by atoms with van der Waals surface area (Å²) in [4.78, 5) is 4.79. The average Bonchev–Trinajstić information content (AvgIpc) is 3.46. The number of aryl methyl sites for hydroxylation is 3. The second-order valence-electron chi connectivity index (χ2n) is 8.08. The molecule has 1 fully saturated rings. The number of hydrogen-bond acceptors (Lipinski definition) is 4. The van der Waals surface area contributed by atoms with Crippen molar-refractivity contribution < 1.29 is 9.26 Å². The topological polar surface area (TPSA) is 71.7 Å². The Labute approximate surface area is 174 Å². The first kappa shape index (κ1) is 21.2. The highest BCUT2D eigenvalue weighted by Crippen LogP contribution is 2.31. The van der Waals surface area contributed by atoms with Crippen LogP contribution in [0.5, 0.6) is 5.75 Å². The third-order valence-electron chi connectivity index (χ3n) is 5.30. The first-order valence-corrected chi connectivity index (χ1v) is 10.6. The molecule has 6 heteroatoms. The fourth-order valence-electron chi connectivity index (χ4n) is 3.47. The Kier molecular flexibility index (Phi) is 7.18. The van der Waals surface area contributed by atoms with Gasteiger partial charge in [0.05, 0.1) is 18.8 Å². The van der Waals surface area contributed by atoms with Crippen molar-refractivity contribution in [1.29, 1.82) is 0 Å². The van der Waals surface area contributed by atoms with Gasteiger partial charge in [-0.1, -0.05) is 24.2 Å². The predicted molar refractivity (Wildman–Crippen MR) is 117 cm³/mol. The maximum Gasteiger partial charge on any atom is 0.191 e. The number of ether oxygens (including phenoxy) is 1. The number of benzene rings is 1. The number of hydrogen-bond donors (Lipinski definition) is 2. The van der Waals surface area contributed by atoms with Crippen LogP contribution in [-0.4, -0.2) is 30.8 Å². The zero-order valence-corrected chi connectivity index (χ0v) is 18.3. The van der Waals surface area contributed by atoms with Crippen LogP contribution >= 0.6 is 0 Å². The van der Waals surface area contributed by atoms with Gasteiger partial charge in [-0.05, 0) is 58.1 Å². The number of nitrogens with zero attached hydrogens (tertiary/aromatic N) is 2. The monoisotopic (exact) mass is 398 g/mol. The Hall–Kier alpha value is -2.50. The summed E-state index contributed by atoms with van der Waals surface area (Å²) in [6.07, 6.45) is 2.58. The fraction of sp³-hybridized carbons (Fsp3) is 0.565. The van der Waals surface area contributed by atoms with Gasteiger partial charge in [-0.15, -0.1) is 0 Å². The van der Waals surface area contributed by atoms with Crippen molar-refractivity contribution in [1.82, 2.24) is 15.8 Å². The molecule has 1 aliphatic carbocycles. The molecule has 1 saturated carbocycles. The lowest BCUT2D eigenvalue weighted by atomic mass is 10.00. The molecule has 1 aliphatic rings. The van der Waals surface area contributed by atoms with E-state index in [0.29, 0.717) is 6.54 Å². The van der Waals surface area contributed by atoms with E-state index in [1.165, 1.54) is 24.0 Å². The molecule has 1 unspecified atom stereocenters. The molecule has 1 aromatic heterocycles. The van der Waals surface area contributed by atoms with Gasteiger partial charge in [-0.3, -0.25) is 0 Å². The van der Waals surface area contributed by atoms with E-state index in [-0.39, 0.29) is 5.92 Å². The normalized spacial score (nSPS) is 15.3. The summed E-state index contributed by atoms with van der Waals surface area (Å²) in [7, 11) is 0. The quantitative estimate of drug-likeness (QED) is 0.488. The Balaban J connectivity index is 1.64. The summed E-state index contributed by atoms with van der Waals surface area (Å²) in [6, 6.07) is 6.36. The summed E-state index contributed by atoms with van der Waals surface area (Å²) in [5.41, 5.74) is 4.45. The van der Waals surface area contributed by atoms with Gasteiger partial charge in [0.25, 0.3) is 0 Å². The second-order valence-corrected chi connectivity index (χ2v) is 8.08.